The van der Waals surface area contributed by atoms with Crippen LogP contribution in [0, 0.1) is 5.92 Å². The van der Waals surface area contributed by atoms with Gasteiger partial charge < -0.3 is 26.0 Å². The topological polar surface area (TPSA) is 105 Å². The Morgan fingerprint density at radius 1 is 1.05 bits per heavy atom. The van der Waals surface area contributed by atoms with E-state index >= 15 is 0 Å². The van der Waals surface area contributed by atoms with Crippen molar-refractivity contribution in [1.82, 2.24) is 25.1 Å². The third kappa shape index (κ3) is 9.15. The number of carbonyl (C=O) groups is 2. The van der Waals surface area contributed by atoms with Crippen LogP contribution in [0.25, 0.3) is 0 Å². The largest absolute Gasteiger partial charge is 0.508 e. The summed E-state index contributed by atoms with van der Waals surface area (Å²) in [5, 5.41) is 18.5. The number of halogens is 1. The van der Waals surface area contributed by atoms with E-state index in [0.717, 1.165) is 51.1 Å². The van der Waals surface area contributed by atoms with Crippen LogP contribution < -0.4 is 11.1 Å². The number of nitrogens with two attached hydrogens (primary N) is 1. The average molecular weight is 599 g/mol. The number of carbonyl (C=O) groups excluding carboxylic acids is 2. The summed E-state index contributed by atoms with van der Waals surface area (Å²) in [5.41, 5.74) is 7.87. The van der Waals surface area contributed by atoms with Gasteiger partial charge in [0.25, 0.3) is 0 Å². The molecule has 2 saturated heterocycles. The van der Waals surface area contributed by atoms with Gasteiger partial charge in [-0.25, -0.2) is 10.0 Å². The molecule has 2 atom stereocenters. The standard InChI is InChI=1S/C32H47ClN6O3/c1-23(2)22-39(38-17-15-36(3)16-18-38)27-11-13-37(14-12-27)32(42)30(19-24-7-9-26(33)10-8-24)35-31(41)21-29(34)25-5-4-6-28(40)20-25/h4-10,20,23,27,29-30,40H,11-19,21-22,34H2,1-3H3,(H,35,41)/t29-,30-/m1/s1. The van der Waals surface area contributed by atoms with Crippen LogP contribution in [0.3, 0.4) is 0 Å². The number of likely N-dealkylation sites (tertiary alicyclic amines) is 1. The van der Waals surface area contributed by atoms with E-state index in [-0.39, 0.29) is 24.0 Å². The van der Waals surface area contributed by atoms with Crippen molar-refractivity contribution in [3.8, 4) is 5.75 Å². The summed E-state index contributed by atoms with van der Waals surface area (Å²) in [6.07, 6.45) is 2.17. The maximum Gasteiger partial charge on any atom is 0.245 e. The van der Waals surface area contributed by atoms with Crippen molar-refractivity contribution in [2.75, 3.05) is 52.9 Å². The zero-order valence-corrected chi connectivity index (χ0v) is 26.0. The van der Waals surface area contributed by atoms with Gasteiger partial charge in [-0.15, -0.1) is 0 Å². The smallest absolute Gasteiger partial charge is 0.245 e. The summed E-state index contributed by atoms with van der Waals surface area (Å²) >= 11 is 6.09. The Kier molecular flexibility index (Phi) is 11.6. The summed E-state index contributed by atoms with van der Waals surface area (Å²) in [6, 6.07) is 13.1. The molecule has 2 fully saturated rings. The molecular formula is C32H47ClN6O3. The van der Waals surface area contributed by atoms with E-state index < -0.39 is 12.1 Å². The van der Waals surface area contributed by atoms with Gasteiger partial charge >= 0.3 is 0 Å². The van der Waals surface area contributed by atoms with Gasteiger partial charge in [-0.1, -0.05) is 49.7 Å². The highest BCUT2D eigenvalue weighted by molar-refractivity contribution is 6.30. The highest BCUT2D eigenvalue weighted by Crippen LogP contribution is 2.23. The molecule has 4 rings (SSSR count). The zero-order valence-electron chi connectivity index (χ0n) is 25.2. The van der Waals surface area contributed by atoms with Crippen LogP contribution in [-0.2, 0) is 16.0 Å². The number of likely N-dealkylation sites (N-methyl/N-ethyl adjacent to an activating group) is 1. The van der Waals surface area contributed by atoms with Crippen LogP contribution in [0.15, 0.2) is 48.5 Å². The molecule has 0 saturated carbocycles. The second-order valence-corrected chi connectivity index (χ2v) is 12.6. The predicted octanol–water partition coefficient (Wildman–Crippen LogP) is 3.27. The Balaban J connectivity index is 1.41. The Hall–Kier alpha value is -2.69. The van der Waals surface area contributed by atoms with E-state index in [1.54, 1.807) is 36.4 Å². The van der Waals surface area contributed by atoms with E-state index in [0.29, 0.717) is 42.1 Å². The molecule has 10 heteroatoms. The van der Waals surface area contributed by atoms with Crippen molar-refractivity contribution in [3.63, 3.8) is 0 Å². The van der Waals surface area contributed by atoms with Crippen LogP contribution >= 0.6 is 11.6 Å². The molecular weight excluding hydrogens is 552 g/mol. The number of phenolic OH excluding ortho intramolecular Hbond substituents is 1. The summed E-state index contributed by atoms with van der Waals surface area (Å²) in [4.78, 5) is 31.3. The summed E-state index contributed by atoms with van der Waals surface area (Å²) in [7, 11) is 2.17. The summed E-state index contributed by atoms with van der Waals surface area (Å²) < 4.78 is 0. The van der Waals surface area contributed by atoms with Crippen LogP contribution in [0.4, 0.5) is 0 Å². The number of amides is 2. The van der Waals surface area contributed by atoms with Crippen molar-refractivity contribution in [2.45, 2.75) is 57.7 Å². The molecule has 0 spiro atoms. The molecule has 4 N–H and O–H groups in total. The van der Waals surface area contributed by atoms with Crippen LogP contribution in [-0.4, -0.2) is 102 Å². The first-order valence-electron chi connectivity index (χ1n) is 15.2. The first-order chi connectivity index (χ1) is 20.1. The Labute approximate surface area is 255 Å². The minimum atomic E-state index is -0.712. The number of phenols is 1. The lowest BCUT2D eigenvalue weighted by molar-refractivity contribution is -0.140. The zero-order chi connectivity index (χ0) is 30.2. The van der Waals surface area contributed by atoms with E-state index in [4.69, 9.17) is 17.3 Å². The fraction of sp³-hybridized carbons (Fsp3) is 0.562. The molecule has 2 amide bonds. The normalized spacial score (nSPS) is 18.8. The van der Waals surface area contributed by atoms with Crippen molar-refractivity contribution >= 4 is 23.4 Å². The molecule has 0 radical (unpaired) electrons. The third-order valence-corrected chi connectivity index (χ3v) is 8.53. The average Bonchev–Trinajstić information content (AvgIpc) is 2.97. The van der Waals surface area contributed by atoms with Crippen molar-refractivity contribution in [2.24, 2.45) is 11.7 Å². The van der Waals surface area contributed by atoms with Crippen molar-refractivity contribution < 1.29 is 14.7 Å². The molecule has 0 bridgehead atoms. The van der Waals surface area contributed by atoms with Gasteiger partial charge in [0.2, 0.25) is 11.8 Å². The Bertz CT molecular complexity index is 1160. The van der Waals surface area contributed by atoms with Crippen LogP contribution in [0.5, 0.6) is 5.75 Å². The molecule has 9 nitrogen and oxygen atoms in total. The number of aromatic hydroxyl groups is 1. The van der Waals surface area contributed by atoms with Gasteiger partial charge in [-0.05, 0) is 61.2 Å². The highest BCUT2D eigenvalue weighted by atomic mass is 35.5. The first kappa shape index (κ1) is 32.2. The number of hydrogen-bond acceptors (Lipinski definition) is 7. The van der Waals surface area contributed by atoms with Gasteiger partial charge in [0.05, 0.1) is 0 Å². The van der Waals surface area contributed by atoms with Crippen LogP contribution in [0.1, 0.15) is 50.3 Å². The molecule has 0 unspecified atom stereocenters. The van der Waals surface area contributed by atoms with Crippen molar-refractivity contribution in [3.05, 3.63) is 64.7 Å². The number of benzene rings is 2. The van der Waals surface area contributed by atoms with Gasteiger partial charge in [-0.2, -0.15) is 0 Å². The molecule has 42 heavy (non-hydrogen) atoms. The number of nitrogens with one attached hydrogen (secondary N) is 1. The molecule has 2 aromatic carbocycles. The van der Waals surface area contributed by atoms with Gasteiger partial charge in [-0.3, -0.25) is 9.59 Å². The van der Waals surface area contributed by atoms with E-state index in [9.17, 15) is 14.7 Å². The number of hydrazine groups is 1. The monoisotopic (exact) mass is 598 g/mol. The SMILES string of the molecule is CC(C)CN(C1CCN(C(=O)[C@@H](Cc2ccc(Cl)cc2)NC(=O)C[C@@H](N)c2cccc(O)c2)CC1)N1CCN(C)CC1. The second-order valence-electron chi connectivity index (χ2n) is 12.2. The number of hydrogen-bond donors (Lipinski definition) is 3. The lowest BCUT2D eigenvalue weighted by Crippen LogP contribution is -2.60. The van der Waals surface area contributed by atoms with Gasteiger partial charge in [0.15, 0.2) is 0 Å². The van der Waals surface area contributed by atoms with E-state index in [1.165, 1.54) is 0 Å². The maximum atomic E-state index is 13.9. The fourth-order valence-corrected chi connectivity index (χ4v) is 6.04. The minimum absolute atomic E-state index is 0.00507. The van der Waals surface area contributed by atoms with Crippen LogP contribution in [0.2, 0.25) is 5.02 Å². The lowest BCUT2D eigenvalue weighted by Gasteiger charge is -2.47. The molecule has 2 heterocycles. The van der Waals surface area contributed by atoms with Gasteiger partial charge in [0, 0.05) is 75.8 Å². The number of piperidine rings is 1. The Morgan fingerprint density at radius 2 is 1.71 bits per heavy atom. The number of rotatable bonds is 11. The van der Waals surface area contributed by atoms with Crippen molar-refractivity contribution in [1.29, 1.82) is 0 Å². The molecule has 0 aromatic heterocycles. The first-order valence-corrected chi connectivity index (χ1v) is 15.5. The van der Waals surface area contributed by atoms with E-state index in [1.807, 2.05) is 17.0 Å². The highest BCUT2D eigenvalue weighted by Gasteiger charge is 2.34. The summed E-state index contributed by atoms with van der Waals surface area (Å²) in [5.74, 6) is 0.278. The molecule has 0 aliphatic carbocycles. The number of nitrogens with zero attached hydrogens (tertiary/aromatic N) is 4. The number of piperazine rings is 1. The molecule has 2 aromatic rings. The quantitative estimate of drug-likeness (QED) is 0.365. The van der Waals surface area contributed by atoms with Gasteiger partial charge in [0.1, 0.15) is 11.8 Å². The molecule has 2 aliphatic rings. The Morgan fingerprint density at radius 3 is 2.33 bits per heavy atom. The fourth-order valence-electron chi connectivity index (χ4n) is 5.91. The third-order valence-electron chi connectivity index (χ3n) is 8.28. The lowest BCUT2D eigenvalue weighted by atomic mass is 9.99. The van der Waals surface area contributed by atoms with E-state index in [2.05, 4.69) is 41.1 Å². The summed E-state index contributed by atoms with van der Waals surface area (Å²) in [6.45, 7) is 11.0. The minimum Gasteiger partial charge on any atom is -0.508 e. The second kappa shape index (κ2) is 15.2. The molecule has 230 valence electrons. The predicted molar refractivity (Wildman–Crippen MR) is 167 cm³/mol. The maximum absolute atomic E-state index is 13.9. The molecule has 2 aliphatic heterocycles.